The second-order valence-corrected chi connectivity index (χ2v) is 8.44. The van der Waals surface area contributed by atoms with E-state index in [-0.39, 0.29) is 5.92 Å². The Morgan fingerprint density at radius 3 is 2.09 bits per heavy atom. The van der Waals surface area contributed by atoms with E-state index in [4.69, 9.17) is 0 Å². The largest absolute Gasteiger partial charge is 0.481 e. The molecule has 0 aliphatic heterocycles. The van der Waals surface area contributed by atoms with Crippen molar-refractivity contribution in [3.63, 3.8) is 0 Å². The van der Waals surface area contributed by atoms with Gasteiger partial charge in [-0.3, -0.25) is 9.59 Å². The van der Waals surface area contributed by atoms with Crippen LogP contribution in [0.5, 0.6) is 0 Å². The molecule has 0 heterocycles. The lowest BCUT2D eigenvalue weighted by molar-refractivity contribution is -0.166. The fourth-order valence-corrected chi connectivity index (χ4v) is 4.97. The molecule has 3 aliphatic carbocycles. The topological polar surface area (TPSA) is 74.6 Å². The maximum absolute atomic E-state index is 11.9. The van der Waals surface area contributed by atoms with Crippen LogP contribution in [-0.2, 0) is 9.59 Å². The van der Waals surface area contributed by atoms with Crippen LogP contribution in [0.2, 0.25) is 0 Å². The van der Waals surface area contributed by atoms with Crippen molar-refractivity contribution < 1.29 is 19.8 Å². The zero-order valence-electron chi connectivity index (χ0n) is 14.9. The van der Waals surface area contributed by atoms with E-state index >= 15 is 0 Å². The van der Waals surface area contributed by atoms with Crippen molar-refractivity contribution in [2.75, 3.05) is 0 Å². The summed E-state index contributed by atoms with van der Waals surface area (Å²) in [6.45, 7) is 10.6. The minimum absolute atomic E-state index is 0.105. The second-order valence-electron chi connectivity index (χ2n) is 8.44. The Hall–Kier alpha value is -1.32. The maximum Gasteiger partial charge on any atom is 0.308 e. The summed E-state index contributed by atoms with van der Waals surface area (Å²) in [6, 6.07) is 0. The van der Waals surface area contributed by atoms with Crippen LogP contribution in [0.15, 0.2) is 11.1 Å². The van der Waals surface area contributed by atoms with Crippen LogP contribution in [0.3, 0.4) is 0 Å². The Morgan fingerprint density at radius 1 is 1.09 bits per heavy atom. The average molecular weight is 322 g/mol. The van der Waals surface area contributed by atoms with Gasteiger partial charge in [0.25, 0.3) is 0 Å². The molecular weight excluding hydrogens is 292 g/mol. The van der Waals surface area contributed by atoms with Crippen LogP contribution in [0.4, 0.5) is 0 Å². The summed E-state index contributed by atoms with van der Waals surface area (Å²) in [6.07, 6.45) is 3.37. The predicted molar refractivity (Wildman–Crippen MR) is 89.0 cm³/mol. The van der Waals surface area contributed by atoms with Gasteiger partial charge < -0.3 is 10.2 Å². The summed E-state index contributed by atoms with van der Waals surface area (Å²) in [7, 11) is 0. The third-order valence-electron chi connectivity index (χ3n) is 5.77. The third kappa shape index (κ3) is 3.05. The van der Waals surface area contributed by atoms with E-state index in [0.717, 1.165) is 25.7 Å². The number of fused-ring (bicyclic) bond motifs is 2. The van der Waals surface area contributed by atoms with Gasteiger partial charge in [-0.1, -0.05) is 45.8 Å². The highest BCUT2D eigenvalue weighted by atomic mass is 16.4. The van der Waals surface area contributed by atoms with Crippen LogP contribution in [-0.4, -0.2) is 22.2 Å². The molecule has 130 valence electrons. The van der Waals surface area contributed by atoms with E-state index < -0.39 is 29.2 Å². The molecule has 4 nitrogen and oxygen atoms in total. The molecule has 23 heavy (non-hydrogen) atoms. The number of carboxylic acids is 2. The molecule has 4 unspecified atom stereocenters. The molecule has 0 aromatic rings. The first-order valence-electron chi connectivity index (χ1n) is 8.77. The van der Waals surface area contributed by atoms with Crippen LogP contribution in [0.1, 0.15) is 60.3 Å². The molecule has 0 saturated heterocycles. The first-order chi connectivity index (χ1) is 10.6. The lowest BCUT2D eigenvalue weighted by Gasteiger charge is -2.55. The van der Waals surface area contributed by atoms with E-state index in [1.165, 1.54) is 11.1 Å². The van der Waals surface area contributed by atoms with Gasteiger partial charge in [0.05, 0.1) is 11.8 Å². The number of carbonyl (C=O) groups is 2. The van der Waals surface area contributed by atoms with Crippen molar-refractivity contribution in [1.29, 1.82) is 0 Å². The highest BCUT2D eigenvalue weighted by Crippen LogP contribution is 2.61. The maximum atomic E-state index is 11.9. The first kappa shape index (κ1) is 18.0. The molecule has 0 amide bonds. The smallest absolute Gasteiger partial charge is 0.308 e. The van der Waals surface area contributed by atoms with Crippen molar-refractivity contribution in [1.82, 2.24) is 0 Å². The van der Waals surface area contributed by atoms with E-state index in [0.29, 0.717) is 11.8 Å². The van der Waals surface area contributed by atoms with Gasteiger partial charge in [-0.05, 0) is 43.4 Å². The van der Waals surface area contributed by atoms with Gasteiger partial charge in [0.2, 0.25) is 0 Å². The summed E-state index contributed by atoms with van der Waals surface area (Å²) in [5, 5.41) is 19.5. The van der Waals surface area contributed by atoms with E-state index in [1.54, 1.807) is 0 Å². The SMILES string of the molecule is CC(C)CC1=C(CC(C)C)C2(C)CCC1C(C(=O)O)C2C(=O)O. The van der Waals surface area contributed by atoms with Gasteiger partial charge in [-0.15, -0.1) is 0 Å². The highest BCUT2D eigenvalue weighted by Gasteiger charge is 2.59. The molecule has 2 bridgehead atoms. The number of hydrogen-bond acceptors (Lipinski definition) is 2. The fourth-order valence-electron chi connectivity index (χ4n) is 4.97. The number of aliphatic carboxylic acids is 2. The predicted octanol–water partition coefficient (Wildman–Crippen LogP) is 4.21. The van der Waals surface area contributed by atoms with Crippen molar-refractivity contribution >= 4 is 11.9 Å². The molecule has 3 aliphatic rings. The van der Waals surface area contributed by atoms with Crippen molar-refractivity contribution in [2.45, 2.75) is 60.3 Å². The van der Waals surface area contributed by atoms with Crippen molar-refractivity contribution in [3.05, 3.63) is 11.1 Å². The summed E-state index contributed by atoms with van der Waals surface area (Å²) in [5.74, 6) is -2.69. The van der Waals surface area contributed by atoms with Crippen LogP contribution < -0.4 is 0 Å². The number of rotatable bonds is 6. The standard InChI is InChI=1S/C19H30O4/c1-10(2)8-13-12-6-7-19(5,14(13)9-11(3)4)16(18(22)23)15(12)17(20)21/h10-12,15-16H,6-9H2,1-5H3,(H,20,21)(H,22,23). The molecule has 1 saturated carbocycles. The van der Waals surface area contributed by atoms with E-state index in [9.17, 15) is 19.8 Å². The number of carboxylic acid groups (broad SMARTS) is 2. The molecule has 0 spiro atoms. The molecule has 1 fully saturated rings. The normalized spacial score (nSPS) is 33.6. The number of allylic oxidation sites excluding steroid dienone is 2. The molecule has 0 aromatic heterocycles. The third-order valence-corrected chi connectivity index (χ3v) is 5.77. The molecule has 3 rings (SSSR count). The minimum Gasteiger partial charge on any atom is -0.481 e. The van der Waals surface area contributed by atoms with Crippen LogP contribution in [0.25, 0.3) is 0 Å². The molecule has 0 aromatic carbocycles. The van der Waals surface area contributed by atoms with Gasteiger partial charge in [0.15, 0.2) is 0 Å². The Bertz CT molecular complexity index is 531. The molecule has 4 heteroatoms. The highest BCUT2D eigenvalue weighted by molar-refractivity contribution is 5.83. The van der Waals surface area contributed by atoms with Crippen molar-refractivity contribution in [3.8, 4) is 0 Å². The zero-order chi connectivity index (χ0) is 17.5. The van der Waals surface area contributed by atoms with Gasteiger partial charge >= 0.3 is 11.9 Å². The monoisotopic (exact) mass is 322 g/mol. The van der Waals surface area contributed by atoms with E-state index in [1.807, 2.05) is 6.92 Å². The first-order valence-corrected chi connectivity index (χ1v) is 8.77. The Kier molecular flexibility index (Phi) is 4.93. The lowest BCUT2D eigenvalue weighted by atomic mass is 9.47. The number of hydrogen-bond donors (Lipinski definition) is 2. The molecule has 2 N–H and O–H groups in total. The van der Waals surface area contributed by atoms with Gasteiger partial charge in [-0.25, -0.2) is 0 Å². The summed E-state index contributed by atoms with van der Waals surface area (Å²) >= 11 is 0. The van der Waals surface area contributed by atoms with Crippen LogP contribution >= 0.6 is 0 Å². The fraction of sp³-hybridized carbons (Fsp3) is 0.789. The lowest BCUT2D eigenvalue weighted by Crippen LogP contribution is -2.54. The second kappa shape index (κ2) is 6.29. The van der Waals surface area contributed by atoms with Gasteiger partial charge in [0, 0.05) is 5.41 Å². The summed E-state index contributed by atoms with van der Waals surface area (Å²) < 4.78 is 0. The summed E-state index contributed by atoms with van der Waals surface area (Å²) in [4.78, 5) is 23.8. The quantitative estimate of drug-likeness (QED) is 0.718. The van der Waals surface area contributed by atoms with Gasteiger partial charge in [-0.2, -0.15) is 0 Å². The Balaban J connectivity index is 2.62. The van der Waals surface area contributed by atoms with Gasteiger partial charge in [0.1, 0.15) is 0 Å². The minimum atomic E-state index is -0.950. The van der Waals surface area contributed by atoms with E-state index in [2.05, 4.69) is 27.7 Å². The zero-order valence-corrected chi connectivity index (χ0v) is 14.9. The molecular formula is C19H30O4. The van der Waals surface area contributed by atoms with Crippen molar-refractivity contribution in [2.24, 2.45) is 35.0 Å². The summed E-state index contributed by atoms with van der Waals surface area (Å²) in [5.41, 5.74) is 1.99. The Labute approximate surface area is 139 Å². The van der Waals surface area contributed by atoms with Crippen LogP contribution in [0, 0.1) is 35.0 Å². The average Bonchev–Trinajstić information content (AvgIpc) is 2.39. The molecule has 0 radical (unpaired) electrons. The Morgan fingerprint density at radius 2 is 1.65 bits per heavy atom. The molecule has 4 atom stereocenters.